The zero-order chi connectivity index (χ0) is 15.7. The van der Waals surface area contributed by atoms with Gasteiger partial charge in [0.05, 0.1) is 6.61 Å². The Balaban J connectivity index is 1.80. The van der Waals surface area contributed by atoms with E-state index < -0.39 is 37.3 Å². The molecule has 0 unspecified atom stereocenters. The van der Waals surface area contributed by atoms with E-state index in [1.54, 1.807) is 12.1 Å². The molecule has 4 N–H and O–H groups in total. The molecule has 0 aromatic heterocycles. The SMILES string of the molecule is OC[C@@H]1O[C@@H](Oc2ccc3ccccc3c2)[C@@H](O)[C@H](O)[C@@H]1O. The maximum absolute atomic E-state index is 9.95. The van der Waals surface area contributed by atoms with Crippen LogP contribution in [0.15, 0.2) is 42.5 Å². The van der Waals surface area contributed by atoms with E-state index in [2.05, 4.69) is 0 Å². The summed E-state index contributed by atoms with van der Waals surface area (Å²) in [5, 5.41) is 40.6. The molecule has 1 heterocycles. The maximum Gasteiger partial charge on any atom is 0.229 e. The van der Waals surface area contributed by atoms with Crippen LogP contribution in [0.25, 0.3) is 10.8 Å². The number of fused-ring (bicyclic) bond motifs is 1. The van der Waals surface area contributed by atoms with E-state index in [1.807, 2.05) is 30.3 Å². The van der Waals surface area contributed by atoms with Crippen molar-refractivity contribution in [3.8, 4) is 5.75 Å². The topological polar surface area (TPSA) is 99.4 Å². The van der Waals surface area contributed by atoms with Crippen LogP contribution in [0.4, 0.5) is 0 Å². The van der Waals surface area contributed by atoms with Crippen molar-refractivity contribution in [3.05, 3.63) is 42.5 Å². The molecular weight excluding hydrogens is 288 g/mol. The zero-order valence-corrected chi connectivity index (χ0v) is 11.7. The van der Waals surface area contributed by atoms with E-state index in [1.165, 1.54) is 0 Å². The Morgan fingerprint density at radius 3 is 2.36 bits per heavy atom. The van der Waals surface area contributed by atoms with E-state index >= 15 is 0 Å². The van der Waals surface area contributed by atoms with Gasteiger partial charge in [-0.3, -0.25) is 0 Å². The van der Waals surface area contributed by atoms with Crippen LogP contribution in [-0.4, -0.2) is 57.7 Å². The van der Waals surface area contributed by atoms with Gasteiger partial charge in [-0.15, -0.1) is 0 Å². The summed E-state index contributed by atoms with van der Waals surface area (Å²) in [4.78, 5) is 0. The second-order valence-corrected chi connectivity index (χ2v) is 5.32. The van der Waals surface area contributed by atoms with Gasteiger partial charge in [-0.2, -0.15) is 0 Å². The summed E-state index contributed by atoms with van der Waals surface area (Å²) in [6, 6.07) is 13.1. The Hall–Kier alpha value is -1.70. The minimum atomic E-state index is -1.45. The van der Waals surface area contributed by atoms with E-state index in [-0.39, 0.29) is 0 Å². The molecular formula is C16H18O6. The van der Waals surface area contributed by atoms with Gasteiger partial charge in [0, 0.05) is 0 Å². The molecule has 6 heteroatoms. The molecule has 2 aromatic carbocycles. The molecule has 0 radical (unpaired) electrons. The summed E-state index contributed by atoms with van der Waals surface area (Å²) in [5.41, 5.74) is 0. The largest absolute Gasteiger partial charge is 0.462 e. The van der Waals surface area contributed by atoms with Gasteiger partial charge in [0.1, 0.15) is 30.2 Å². The molecule has 118 valence electrons. The van der Waals surface area contributed by atoms with Crippen molar-refractivity contribution < 1.29 is 29.9 Å². The van der Waals surface area contributed by atoms with Gasteiger partial charge < -0.3 is 29.9 Å². The average molecular weight is 306 g/mol. The monoisotopic (exact) mass is 306 g/mol. The minimum absolute atomic E-state index is 0.461. The predicted octanol–water partition coefficient (Wildman–Crippen LogP) is 0.0185. The van der Waals surface area contributed by atoms with Crippen LogP contribution >= 0.6 is 0 Å². The lowest BCUT2D eigenvalue weighted by Crippen LogP contribution is -2.60. The van der Waals surface area contributed by atoms with Crippen molar-refractivity contribution in [2.45, 2.75) is 30.7 Å². The molecule has 0 amide bonds. The van der Waals surface area contributed by atoms with Crippen molar-refractivity contribution in [3.63, 3.8) is 0 Å². The molecule has 0 saturated carbocycles. The van der Waals surface area contributed by atoms with Crippen LogP contribution in [0, 0.1) is 0 Å². The molecule has 6 nitrogen and oxygen atoms in total. The molecule has 1 saturated heterocycles. The van der Waals surface area contributed by atoms with Crippen LogP contribution in [-0.2, 0) is 4.74 Å². The highest BCUT2D eigenvalue weighted by Gasteiger charge is 2.44. The number of hydrogen-bond donors (Lipinski definition) is 4. The number of aliphatic hydroxyl groups is 4. The first-order chi connectivity index (χ1) is 10.6. The molecule has 22 heavy (non-hydrogen) atoms. The molecule has 5 atom stereocenters. The standard InChI is InChI=1S/C16H18O6/c17-8-12-13(18)14(19)15(20)16(22-12)21-11-6-5-9-3-1-2-4-10(9)7-11/h1-7,12-20H,8H2/t12-,13+,14+,15-,16+/m0/s1. The van der Waals surface area contributed by atoms with Crippen LogP contribution in [0.5, 0.6) is 5.75 Å². The van der Waals surface area contributed by atoms with E-state index in [0.29, 0.717) is 5.75 Å². The third-order valence-corrected chi connectivity index (χ3v) is 3.82. The lowest BCUT2D eigenvalue weighted by Gasteiger charge is -2.39. The van der Waals surface area contributed by atoms with Crippen LogP contribution in [0.3, 0.4) is 0 Å². The second kappa shape index (κ2) is 6.20. The first kappa shape index (κ1) is 15.2. The van der Waals surface area contributed by atoms with E-state index in [0.717, 1.165) is 10.8 Å². The molecule has 0 bridgehead atoms. The quantitative estimate of drug-likeness (QED) is 0.638. The summed E-state index contributed by atoms with van der Waals surface area (Å²) in [6.45, 7) is -0.484. The lowest BCUT2D eigenvalue weighted by molar-refractivity contribution is -0.277. The fourth-order valence-corrected chi connectivity index (χ4v) is 2.54. The Bertz CT molecular complexity index is 643. The number of rotatable bonds is 3. The van der Waals surface area contributed by atoms with E-state index in [9.17, 15) is 15.3 Å². The number of benzene rings is 2. The second-order valence-electron chi connectivity index (χ2n) is 5.32. The van der Waals surface area contributed by atoms with Crippen LogP contribution in [0.1, 0.15) is 0 Å². The van der Waals surface area contributed by atoms with Crippen molar-refractivity contribution in [1.29, 1.82) is 0 Å². The summed E-state index contributed by atoms with van der Waals surface area (Å²) < 4.78 is 10.9. The van der Waals surface area contributed by atoms with Gasteiger partial charge in [0.15, 0.2) is 0 Å². The summed E-state index contributed by atoms with van der Waals surface area (Å²) in [7, 11) is 0. The first-order valence-electron chi connectivity index (χ1n) is 7.06. The van der Waals surface area contributed by atoms with Gasteiger partial charge >= 0.3 is 0 Å². The maximum atomic E-state index is 9.95. The summed E-state index contributed by atoms with van der Waals surface area (Å²) >= 11 is 0. The number of ether oxygens (including phenoxy) is 2. The van der Waals surface area contributed by atoms with Crippen molar-refractivity contribution in [2.75, 3.05) is 6.61 Å². The number of hydrogen-bond acceptors (Lipinski definition) is 6. The van der Waals surface area contributed by atoms with Crippen molar-refractivity contribution >= 4 is 10.8 Å². The van der Waals surface area contributed by atoms with Gasteiger partial charge in [-0.1, -0.05) is 30.3 Å². The Morgan fingerprint density at radius 1 is 0.909 bits per heavy atom. The smallest absolute Gasteiger partial charge is 0.229 e. The lowest BCUT2D eigenvalue weighted by atomic mass is 9.99. The minimum Gasteiger partial charge on any atom is -0.462 e. The van der Waals surface area contributed by atoms with Crippen molar-refractivity contribution in [1.82, 2.24) is 0 Å². The normalized spacial score (nSPS) is 32.1. The fraction of sp³-hybridized carbons (Fsp3) is 0.375. The third kappa shape index (κ3) is 2.79. The molecule has 2 aromatic rings. The fourth-order valence-electron chi connectivity index (χ4n) is 2.54. The highest BCUT2D eigenvalue weighted by molar-refractivity contribution is 5.83. The van der Waals surface area contributed by atoms with Gasteiger partial charge in [-0.05, 0) is 22.9 Å². The number of aliphatic hydroxyl groups excluding tert-OH is 4. The van der Waals surface area contributed by atoms with Gasteiger partial charge in [-0.25, -0.2) is 0 Å². The molecule has 3 rings (SSSR count). The Labute approximate surface area is 127 Å². The average Bonchev–Trinajstić information content (AvgIpc) is 2.55. The molecule has 1 aliphatic heterocycles. The zero-order valence-electron chi connectivity index (χ0n) is 11.7. The molecule has 1 fully saturated rings. The van der Waals surface area contributed by atoms with Crippen LogP contribution in [0.2, 0.25) is 0 Å². The first-order valence-corrected chi connectivity index (χ1v) is 7.06. The van der Waals surface area contributed by atoms with Gasteiger partial charge in [0.2, 0.25) is 6.29 Å². The highest BCUT2D eigenvalue weighted by Crippen LogP contribution is 2.26. The van der Waals surface area contributed by atoms with Gasteiger partial charge in [0.25, 0.3) is 0 Å². The third-order valence-electron chi connectivity index (χ3n) is 3.82. The van der Waals surface area contributed by atoms with E-state index in [4.69, 9.17) is 14.6 Å². The summed E-state index contributed by atoms with van der Waals surface area (Å²) in [5.74, 6) is 0.461. The molecule has 0 spiro atoms. The molecule has 1 aliphatic rings. The summed E-state index contributed by atoms with van der Waals surface area (Å²) in [6.07, 6.45) is -6.40. The Morgan fingerprint density at radius 2 is 1.64 bits per heavy atom. The highest BCUT2D eigenvalue weighted by atomic mass is 16.7. The Kier molecular flexibility index (Phi) is 4.28. The van der Waals surface area contributed by atoms with Crippen molar-refractivity contribution in [2.24, 2.45) is 0 Å². The predicted molar refractivity (Wildman–Crippen MR) is 78.3 cm³/mol. The molecule has 0 aliphatic carbocycles. The van der Waals surface area contributed by atoms with Crippen LogP contribution < -0.4 is 4.74 Å².